The molecule has 0 aliphatic carbocycles. The topological polar surface area (TPSA) is 104 Å². The van der Waals surface area contributed by atoms with Crippen LogP contribution in [0.5, 0.6) is 11.5 Å². The van der Waals surface area contributed by atoms with E-state index in [0.29, 0.717) is 30.0 Å². The van der Waals surface area contributed by atoms with Gasteiger partial charge in [-0.05, 0) is 30.7 Å². The maximum Gasteiger partial charge on any atom is 0.291 e. The van der Waals surface area contributed by atoms with Crippen LogP contribution in [-0.4, -0.2) is 52.7 Å². The average molecular weight is 437 g/mol. The number of ether oxygens (including phenoxy) is 2. The van der Waals surface area contributed by atoms with Crippen molar-refractivity contribution in [2.75, 3.05) is 20.8 Å². The molecule has 166 valence electrons. The number of amides is 1. The highest BCUT2D eigenvalue weighted by Gasteiger charge is 2.52. The largest absolute Gasteiger partial charge is 0.497 e. The number of rotatable bonds is 9. The third-order valence-corrected chi connectivity index (χ3v) is 5.59. The molecule has 3 heterocycles. The first-order valence-corrected chi connectivity index (χ1v) is 10.2. The number of carbonyl (C=O) groups is 3. The van der Waals surface area contributed by atoms with E-state index < -0.39 is 29.4 Å². The Morgan fingerprint density at radius 1 is 1.16 bits per heavy atom. The van der Waals surface area contributed by atoms with Gasteiger partial charge >= 0.3 is 0 Å². The molecular weight excluding hydrogens is 414 g/mol. The van der Waals surface area contributed by atoms with E-state index in [2.05, 4.69) is 4.98 Å². The third kappa shape index (κ3) is 3.89. The number of aromatic nitrogens is 2. The van der Waals surface area contributed by atoms with Crippen molar-refractivity contribution < 1.29 is 28.3 Å². The van der Waals surface area contributed by atoms with Crippen molar-refractivity contribution in [2.24, 2.45) is 5.92 Å². The van der Waals surface area contributed by atoms with Crippen molar-refractivity contribution in [3.63, 3.8) is 0 Å². The fourth-order valence-electron chi connectivity index (χ4n) is 4.05. The molecule has 0 bridgehead atoms. The van der Waals surface area contributed by atoms with E-state index in [1.807, 2.05) is 10.8 Å². The summed E-state index contributed by atoms with van der Waals surface area (Å²) in [5.74, 6) is -2.19. The van der Waals surface area contributed by atoms with Gasteiger partial charge in [0.2, 0.25) is 11.6 Å². The van der Waals surface area contributed by atoms with Gasteiger partial charge in [0.25, 0.3) is 5.91 Å². The number of aryl methyl sites for hydroxylation is 1. The third-order valence-electron chi connectivity index (χ3n) is 5.59. The minimum absolute atomic E-state index is 0.0360. The molecule has 3 aromatic rings. The van der Waals surface area contributed by atoms with Gasteiger partial charge in [-0.15, -0.1) is 0 Å². The summed E-state index contributed by atoms with van der Waals surface area (Å²) >= 11 is 0. The molecule has 32 heavy (non-hydrogen) atoms. The number of furan rings is 1. The second-order valence-corrected chi connectivity index (χ2v) is 7.39. The maximum atomic E-state index is 13.2. The molecule has 4 rings (SSSR count). The Labute approximate surface area is 184 Å². The van der Waals surface area contributed by atoms with E-state index in [1.165, 1.54) is 31.4 Å². The molecule has 0 saturated carbocycles. The van der Waals surface area contributed by atoms with E-state index in [4.69, 9.17) is 13.9 Å². The molecule has 9 nitrogen and oxygen atoms in total. The summed E-state index contributed by atoms with van der Waals surface area (Å²) in [6.45, 7) is 0.895. The zero-order valence-electron chi connectivity index (χ0n) is 17.8. The van der Waals surface area contributed by atoms with Crippen molar-refractivity contribution in [1.29, 1.82) is 0 Å². The molecule has 0 radical (unpaired) electrons. The van der Waals surface area contributed by atoms with E-state index in [0.717, 1.165) is 0 Å². The Kier molecular flexibility index (Phi) is 6.07. The van der Waals surface area contributed by atoms with Gasteiger partial charge in [-0.2, -0.15) is 0 Å². The Hall–Kier alpha value is -3.88. The van der Waals surface area contributed by atoms with Crippen molar-refractivity contribution in [2.45, 2.75) is 19.0 Å². The molecule has 1 aliphatic heterocycles. The van der Waals surface area contributed by atoms with Crippen LogP contribution in [0, 0.1) is 5.92 Å². The predicted molar refractivity (Wildman–Crippen MR) is 112 cm³/mol. The van der Waals surface area contributed by atoms with Crippen molar-refractivity contribution in [1.82, 2.24) is 14.5 Å². The summed E-state index contributed by atoms with van der Waals surface area (Å²) in [7, 11) is 3.02. The Morgan fingerprint density at radius 3 is 2.66 bits per heavy atom. The van der Waals surface area contributed by atoms with Crippen LogP contribution < -0.4 is 9.47 Å². The molecule has 0 N–H and O–H groups in total. The highest BCUT2D eigenvalue weighted by Crippen LogP contribution is 2.43. The molecular formula is C23H23N3O6. The van der Waals surface area contributed by atoms with Gasteiger partial charge in [-0.1, -0.05) is 0 Å². The summed E-state index contributed by atoms with van der Waals surface area (Å²) in [5, 5.41) is 0. The summed E-state index contributed by atoms with van der Waals surface area (Å²) in [6, 6.07) is 7.34. The summed E-state index contributed by atoms with van der Waals surface area (Å²) < 4.78 is 17.9. The smallest absolute Gasteiger partial charge is 0.291 e. The molecule has 2 atom stereocenters. The van der Waals surface area contributed by atoms with Crippen molar-refractivity contribution in [3.8, 4) is 11.5 Å². The zero-order chi connectivity index (χ0) is 22.7. The number of nitrogens with zero attached hydrogens (tertiary/aromatic N) is 3. The van der Waals surface area contributed by atoms with Gasteiger partial charge in [-0.25, -0.2) is 4.98 Å². The van der Waals surface area contributed by atoms with Crippen molar-refractivity contribution in [3.05, 3.63) is 66.6 Å². The van der Waals surface area contributed by atoms with Gasteiger partial charge in [0, 0.05) is 37.1 Å². The Bertz CT molecular complexity index is 1110. The average Bonchev–Trinajstić information content (AvgIpc) is 3.57. The zero-order valence-corrected chi connectivity index (χ0v) is 17.8. The quantitative estimate of drug-likeness (QED) is 0.288. The van der Waals surface area contributed by atoms with Gasteiger partial charge in [0.15, 0.2) is 5.76 Å². The fraction of sp³-hybridized carbons (Fsp3) is 0.304. The van der Waals surface area contributed by atoms with Crippen LogP contribution in [0.25, 0.3) is 0 Å². The number of Topliss-reactive ketones (excluding diaryl/α,β-unsaturated/α-hetero) is 2. The van der Waals surface area contributed by atoms with Crippen molar-refractivity contribution >= 4 is 17.5 Å². The SMILES string of the molecule is COc1ccc(C2C(C(=O)c3ccco3)C(=O)C(=O)N2CCCn2ccnc2)c(OC)c1. The van der Waals surface area contributed by atoms with E-state index >= 15 is 0 Å². The molecule has 1 fully saturated rings. The number of ketones is 2. The summed E-state index contributed by atoms with van der Waals surface area (Å²) in [5.41, 5.74) is 0.556. The molecule has 2 aromatic heterocycles. The first-order chi connectivity index (χ1) is 15.5. The second kappa shape index (κ2) is 9.09. The van der Waals surface area contributed by atoms with Gasteiger partial charge < -0.3 is 23.4 Å². The lowest BCUT2D eigenvalue weighted by Gasteiger charge is -2.28. The number of benzene rings is 1. The van der Waals surface area contributed by atoms with Crippen LogP contribution in [0.2, 0.25) is 0 Å². The van der Waals surface area contributed by atoms with Gasteiger partial charge in [0.05, 0.1) is 32.9 Å². The molecule has 1 aliphatic rings. The fourth-order valence-corrected chi connectivity index (χ4v) is 4.05. The first kappa shape index (κ1) is 21.4. The monoisotopic (exact) mass is 437 g/mol. The van der Waals surface area contributed by atoms with Crippen LogP contribution in [0.4, 0.5) is 0 Å². The molecule has 1 amide bonds. The lowest BCUT2D eigenvalue weighted by Crippen LogP contribution is -2.32. The Balaban J connectivity index is 1.71. The second-order valence-electron chi connectivity index (χ2n) is 7.39. The van der Waals surface area contributed by atoms with Crippen LogP contribution in [0.1, 0.15) is 28.6 Å². The van der Waals surface area contributed by atoms with Crippen LogP contribution in [0.3, 0.4) is 0 Å². The summed E-state index contributed by atoms with van der Waals surface area (Å²) in [6.07, 6.45) is 7.12. The molecule has 0 spiro atoms. The number of hydrogen-bond donors (Lipinski definition) is 0. The lowest BCUT2D eigenvalue weighted by atomic mass is 9.87. The minimum Gasteiger partial charge on any atom is -0.497 e. The van der Waals surface area contributed by atoms with Crippen LogP contribution in [0.15, 0.2) is 59.7 Å². The first-order valence-electron chi connectivity index (χ1n) is 10.2. The van der Waals surface area contributed by atoms with Gasteiger partial charge in [-0.3, -0.25) is 14.4 Å². The molecule has 2 unspecified atom stereocenters. The standard InChI is InChI=1S/C23H23N3O6/c1-30-15-6-7-16(18(13-15)31-2)20-19(21(27)17-5-3-12-32-17)22(28)23(29)26(20)10-4-9-25-11-8-24-14-25/h3,5-8,11-14,19-20H,4,9-10H2,1-2H3. The lowest BCUT2D eigenvalue weighted by molar-refractivity contribution is -0.140. The van der Waals surface area contributed by atoms with Gasteiger partial charge in [0.1, 0.15) is 17.4 Å². The predicted octanol–water partition coefficient (Wildman–Crippen LogP) is 2.54. The number of carbonyl (C=O) groups excluding carboxylic acids is 3. The van der Waals surface area contributed by atoms with Crippen LogP contribution >= 0.6 is 0 Å². The molecule has 1 aromatic carbocycles. The van der Waals surface area contributed by atoms with E-state index in [1.54, 1.807) is 36.8 Å². The number of hydrogen-bond acceptors (Lipinski definition) is 7. The maximum absolute atomic E-state index is 13.2. The van der Waals surface area contributed by atoms with E-state index in [9.17, 15) is 14.4 Å². The number of methoxy groups -OCH3 is 2. The number of likely N-dealkylation sites (tertiary alicyclic amines) is 1. The van der Waals surface area contributed by atoms with E-state index in [-0.39, 0.29) is 12.3 Å². The normalized spacial score (nSPS) is 18.2. The van der Waals surface area contributed by atoms with Crippen LogP contribution in [-0.2, 0) is 16.1 Å². The highest BCUT2D eigenvalue weighted by atomic mass is 16.5. The number of imidazole rings is 1. The molecule has 1 saturated heterocycles. The molecule has 9 heteroatoms. The Morgan fingerprint density at radius 2 is 2.00 bits per heavy atom. The summed E-state index contributed by atoms with van der Waals surface area (Å²) in [4.78, 5) is 44.7. The minimum atomic E-state index is -1.23. The highest BCUT2D eigenvalue weighted by molar-refractivity contribution is 6.43.